The summed E-state index contributed by atoms with van der Waals surface area (Å²) in [6, 6.07) is 16.8. The lowest BCUT2D eigenvalue weighted by Crippen LogP contribution is -2.11. The summed E-state index contributed by atoms with van der Waals surface area (Å²) >= 11 is 0. The smallest absolute Gasteiger partial charge is 0.258 e. The van der Waals surface area contributed by atoms with Crippen molar-refractivity contribution in [1.82, 2.24) is 9.78 Å². The predicted octanol–water partition coefficient (Wildman–Crippen LogP) is 3.13. The van der Waals surface area contributed by atoms with Crippen LogP contribution in [0.3, 0.4) is 0 Å². The fraction of sp³-hybridized carbons (Fsp3) is 0.158. The molecule has 6 heteroatoms. The van der Waals surface area contributed by atoms with Crippen LogP contribution < -0.4 is 14.8 Å². The fourth-order valence-corrected chi connectivity index (χ4v) is 2.21. The molecule has 0 saturated heterocycles. The first kappa shape index (κ1) is 16.6. The van der Waals surface area contributed by atoms with Gasteiger partial charge in [0.25, 0.3) is 5.91 Å². The summed E-state index contributed by atoms with van der Waals surface area (Å²) in [5.74, 6) is 1.34. The van der Waals surface area contributed by atoms with Crippen molar-refractivity contribution in [2.24, 2.45) is 7.05 Å². The molecule has 2 aromatic carbocycles. The van der Waals surface area contributed by atoms with Gasteiger partial charge in [0.2, 0.25) is 0 Å². The molecular formula is C19H19N3O3. The molecule has 25 heavy (non-hydrogen) atoms. The molecule has 0 bridgehead atoms. The molecule has 0 saturated carbocycles. The summed E-state index contributed by atoms with van der Waals surface area (Å²) < 4.78 is 12.8. The lowest BCUT2D eigenvalue weighted by atomic mass is 10.2. The number of ether oxygens (including phenoxy) is 2. The quantitative estimate of drug-likeness (QED) is 0.673. The van der Waals surface area contributed by atoms with Gasteiger partial charge in [0.15, 0.2) is 0 Å². The van der Waals surface area contributed by atoms with E-state index in [0.717, 1.165) is 11.5 Å². The van der Waals surface area contributed by atoms with E-state index < -0.39 is 0 Å². The highest BCUT2D eigenvalue weighted by Crippen LogP contribution is 2.16. The van der Waals surface area contributed by atoms with Gasteiger partial charge in [-0.15, -0.1) is 0 Å². The summed E-state index contributed by atoms with van der Waals surface area (Å²) in [4.78, 5) is 12.0. The van der Waals surface area contributed by atoms with Gasteiger partial charge in [-0.25, -0.2) is 0 Å². The maximum absolute atomic E-state index is 12.0. The van der Waals surface area contributed by atoms with Gasteiger partial charge >= 0.3 is 0 Å². The molecule has 0 spiro atoms. The van der Waals surface area contributed by atoms with E-state index in [2.05, 4.69) is 10.4 Å². The van der Waals surface area contributed by atoms with Crippen molar-refractivity contribution in [2.75, 3.05) is 18.5 Å². The van der Waals surface area contributed by atoms with E-state index in [-0.39, 0.29) is 5.91 Å². The molecule has 6 nitrogen and oxygen atoms in total. The van der Waals surface area contributed by atoms with Crippen LogP contribution in [0.5, 0.6) is 11.5 Å². The number of aryl methyl sites for hydroxylation is 1. The van der Waals surface area contributed by atoms with Crippen molar-refractivity contribution >= 4 is 11.6 Å². The highest BCUT2D eigenvalue weighted by atomic mass is 16.5. The van der Waals surface area contributed by atoms with Gasteiger partial charge < -0.3 is 14.8 Å². The van der Waals surface area contributed by atoms with Crippen LogP contribution >= 0.6 is 0 Å². The fourth-order valence-electron chi connectivity index (χ4n) is 2.21. The minimum absolute atomic E-state index is 0.196. The molecular weight excluding hydrogens is 318 g/mol. The number of carbonyl (C=O) groups is 1. The van der Waals surface area contributed by atoms with Crippen LogP contribution in [0.25, 0.3) is 0 Å². The largest absolute Gasteiger partial charge is 0.490 e. The number of carbonyl (C=O) groups excluding carboxylic acids is 1. The Bertz CT molecular complexity index is 813. The lowest BCUT2D eigenvalue weighted by molar-refractivity contribution is 0.102. The molecule has 1 N–H and O–H groups in total. The van der Waals surface area contributed by atoms with E-state index in [4.69, 9.17) is 9.47 Å². The van der Waals surface area contributed by atoms with E-state index in [1.165, 1.54) is 6.20 Å². The van der Waals surface area contributed by atoms with E-state index in [1.807, 2.05) is 30.3 Å². The first-order chi connectivity index (χ1) is 12.2. The first-order valence-corrected chi connectivity index (χ1v) is 7.91. The normalized spacial score (nSPS) is 10.3. The summed E-state index contributed by atoms with van der Waals surface area (Å²) in [5.41, 5.74) is 1.21. The lowest BCUT2D eigenvalue weighted by Gasteiger charge is -2.09. The second-order valence-electron chi connectivity index (χ2n) is 5.39. The summed E-state index contributed by atoms with van der Waals surface area (Å²) in [5, 5.41) is 6.80. The van der Waals surface area contributed by atoms with E-state index >= 15 is 0 Å². The number of hydrogen-bond acceptors (Lipinski definition) is 4. The summed E-state index contributed by atoms with van der Waals surface area (Å²) in [6.07, 6.45) is 3.19. The highest BCUT2D eigenvalue weighted by Gasteiger charge is 2.08. The molecule has 0 radical (unpaired) electrons. The standard InChI is InChI=1S/C19H19N3O3/c1-22-14-15(13-20-22)19(23)21-16-7-9-18(10-8-16)25-12-11-24-17-5-3-2-4-6-17/h2-10,13-14H,11-12H2,1H3,(H,21,23). The molecule has 0 aliphatic carbocycles. The molecule has 3 rings (SSSR count). The number of anilines is 1. The second-order valence-corrected chi connectivity index (χ2v) is 5.39. The second kappa shape index (κ2) is 8.01. The van der Waals surface area contributed by atoms with E-state index in [0.29, 0.717) is 24.5 Å². The van der Waals surface area contributed by atoms with Crippen molar-refractivity contribution in [2.45, 2.75) is 0 Å². The summed E-state index contributed by atoms with van der Waals surface area (Å²) in [6.45, 7) is 0.903. The van der Waals surface area contributed by atoms with Crippen LogP contribution in [0.1, 0.15) is 10.4 Å². The van der Waals surface area contributed by atoms with Crippen LogP contribution in [0, 0.1) is 0 Å². The van der Waals surface area contributed by atoms with Gasteiger partial charge in [-0.1, -0.05) is 18.2 Å². The average Bonchev–Trinajstić information content (AvgIpc) is 3.08. The molecule has 0 aliphatic heterocycles. The Hall–Kier alpha value is -3.28. The van der Waals surface area contributed by atoms with Gasteiger partial charge in [-0.05, 0) is 36.4 Å². The van der Waals surface area contributed by atoms with Crippen LogP contribution in [-0.4, -0.2) is 28.9 Å². The number of para-hydroxylation sites is 1. The van der Waals surface area contributed by atoms with Crippen molar-refractivity contribution in [3.8, 4) is 11.5 Å². The monoisotopic (exact) mass is 337 g/mol. The Morgan fingerprint density at radius 1 is 1.00 bits per heavy atom. The number of rotatable bonds is 7. The summed E-state index contributed by atoms with van der Waals surface area (Å²) in [7, 11) is 1.77. The molecule has 0 aliphatic rings. The third kappa shape index (κ3) is 4.84. The maximum atomic E-state index is 12.0. The number of benzene rings is 2. The Kier molecular flexibility index (Phi) is 5.31. The van der Waals surface area contributed by atoms with E-state index in [9.17, 15) is 4.79 Å². The number of hydrogen-bond donors (Lipinski definition) is 1. The van der Waals surface area contributed by atoms with Gasteiger partial charge in [-0.2, -0.15) is 5.10 Å². The number of aromatic nitrogens is 2. The molecule has 1 heterocycles. The first-order valence-electron chi connectivity index (χ1n) is 7.91. The zero-order chi connectivity index (χ0) is 17.5. The highest BCUT2D eigenvalue weighted by molar-refractivity contribution is 6.03. The van der Waals surface area contributed by atoms with Crippen molar-refractivity contribution < 1.29 is 14.3 Å². The molecule has 128 valence electrons. The predicted molar refractivity (Wildman–Crippen MR) is 95.0 cm³/mol. The van der Waals surface area contributed by atoms with Gasteiger partial charge in [0.05, 0.1) is 11.8 Å². The zero-order valence-electron chi connectivity index (χ0n) is 13.9. The van der Waals surface area contributed by atoms with Gasteiger partial charge in [-0.3, -0.25) is 9.48 Å². The molecule has 3 aromatic rings. The Morgan fingerprint density at radius 3 is 2.24 bits per heavy atom. The number of amides is 1. The Labute approximate surface area is 146 Å². The topological polar surface area (TPSA) is 65.4 Å². The molecule has 0 fully saturated rings. The zero-order valence-corrected chi connectivity index (χ0v) is 13.9. The average molecular weight is 337 g/mol. The molecule has 0 atom stereocenters. The maximum Gasteiger partial charge on any atom is 0.258 e. The van der Waals surface area contributed by atoms with Crippen molar-refractivity contribution in [1.29, 1.82) is 0 Å². The Morgan fingerprint density at radius 2 is 1.64 bits per heavy atom. The number of nitrogens with zero attached hydrogens (tertiary/aromatic N) is 2. The van der Waals surface area contributed by atoms with Crippen LogP contribution in [-0.2, 0) is 7.05 Å². The molecule has 1 amide bonds. The van der Waals surface area contributed by atoms with Crippen LogP contribution in [0.4, 0.5) is 5.69 Å². The molecule has 0 unspecified atom stereocenters. The minimum Gasteiger partial charge on any atom is -0.490 e. The third-order valence-corrected chi connectivity index (χ3v) is 3.44. The third-order valence-electron chi connectivity index (χ3n) is 3.44. The van der Waals surface area contributed by atoms with Crippen LogP contribution in [0.2, 0.25) is 0 Å². The van der Waals surface area contributed by atoms with Crippen molar-refractivity contribution in [3.63, 3.8) is 0 Å². The molecule has 1 aromatic heterocycles. The Balaban J connectivity index is 1.44. The van der Waals surface area contributed by atoms with Crippen molar-refractivity contribution in [3.05, 3.63) is 72.6 Å². The van der Waals surface area contributed by atoms with Gasteiger partial charge in [0, 0.05) is 18.9 Å². The SMILES string of the molecule is Cn1cc(C(=O)Nc2ccc(OCCOc3ccccc3)cc2)cn1. The van der Waals surface area contributed by atoms with Gasteiger partial charge in [0.1, 0.15) is 24.7 Å². The minimum atomic E-state index is -0.196. The number of nitrogens with one attached hydrogen (secondary N) is 1. The van der Waals surface area contributed by atoms with Crippen LogP contribution in [0.15, 0.2) is 67.0 Å². The van der Waals surface area contributed by atoms with E-state index in [1.54, 1.807) is 42.2 Å².